The first-order valence-electron chi connectivity index (χ1n) is 10.7. The van der Waals surface area contributed by atoms with Crippen LogP contribution in [0.2, 0.25) is 0 Å². The van der Waals surface area contributed by atoms with Gasteiger partial charge in [-0.1, -0.05) is 0 Å². The number of amides is 2. The molecule has 0 saturated carbocycles. The number of hydrogen-bond donors (Lipinski definition) is 1. The van der Waals surface area contributed by atoms with E-state index in [1.54, 1.807) is 29.2 Å². The molecule has 0 bridgehead atoms. The first-order chi connectivity index (χ1) is 16.4. The maximum Gasteiger partial charge on any atom is 0.280 e. The molecule has 1 N–H and O–H groups in total. The minimum absolute atomic E-state index is 0.0713. The Balaban J connectivity index is 2.04. The number of ether oxygens (including phenoxy) is 3. The van der Waals surface area contributed by atoms with Gasteiger partial charge in [-0.2, -0.15) is 0 Å². The second-order valence-corrected chi connectivity index (χ2v) is 7.62. The predicted molar refractivity (Wildman–Crippen MR) is 125 cm³/mol. The SMILES string of the molecule is COc1ccc(C(=O)N/C(=C/c2cc(OC)c(OC)cc2[N+](=O)[O-])C(=O)N2CCCCC2)cc1. The highest BCUT2D eigenvalue weighted by Crippen LogP contribution is 2.35. The van der Waals surface area contributed by atoms with Crippen LogP contribution in [0.1, 0.15) is 35.2 Å². The number of rotatable bonds is 8. The van der Waals surface area contributed by atoms with Crippen molar-refractivity contribution in [3.05, 3.63) is 63.3 Å². The molecular formula is C24H27N3O7. The summed E-state index contributed by atoms with van der Waals surface area (Å²) in [5.41, 5.74) is 0.0383. The number of piperidine rings is 1. The van der Waals surface area contributed by atoms with Crippen molar-refractivity contribution in [1.82, 2.24) is 10.2 Å². The summed E-state index contributed by atoms with van der Waals surface area (Å²) < 4.78 is 15.5. The number of carbonyl (C=O) groups is 2. The highest BCUT2D eigenvalue weighted by Gasteiger charge is 2.25. The van der Waals surface area contributed by atoms with Crippen molar-refractivity contribution in [2.75, 3.05) is 34.4 Å². The fourth-order valence-corrected chi connectivity index (χ4v) is 3.67. The Bertz CT molecular complexity index is 1090. The third-order valence-corrected chi connectivity index (χ3v) is 5.50. The second kappa shape index (κ2) is 11.2. The quantitative estimate of drug-likeness (QED) is 0.357. The summed E-state index contributed by atoms with van der Waals surface area (Å²) in [5, 5.41) is 14.4. The highest BCUT2D eigenvalue weighted by atomic mass is 16.6. The van der Waals surface area contributed by atoms with E-state index in [0.29, 0.717) is 24.4 Å². The number of benzene rings is 2. The summed E-state index contributed by atoms with van der Waals surface area (Å²) in [6.45, 7) is 1.09. The Labute approximate surface area is 197 Å². The number of nitro groups is 1. The van der Waals surface area contributed by atoms with Gasteiger partial charge in [0, 0.05) is 18.7 Å². The molecule has 0 radical (unpaired) electrons. The first-order valence-corrected chi connectivity index (χ1v) is 10.7. The molecule has 10 nitrogen and oxygen atoms in total. The van der Waals surface area contributed by atoms with Crippen LogP contribution < -0.4 is 19.5 Å². The lowest BCUT2D eigenvalue weighted by atomic mass is 10.1. The Kier molecular flexibility index (Phi) is 8.07. The molecule has 10 heteroatoms. The van der Waals surface area contributed by atoms with Crippen molar-refractivity contribution in [2.24, 2.45) is 0 Å². The van der Waals surface area contributed by atoms with Crippen LogP contribution in [-0.2, 0) is 4.79 Å². The number of carbonyl (C=O) groups excluding carboxylic acids is 2. The van der Waals surface area contributed by atoms with Crippen molar-refractivity contribution in [2.45, 2.75) is 19.3 Å². The van der Waals surface area contributed by atoms with Gasteiger partial charge in [0.1, 0.15) is 11.4 Å². The van der Waals surface area contributed by atoms with E-state index in [9.17, 15) is 19.7 Å². The molecule has 0 unspecified atom stereocenters. The van der Waals surface area contributed by atoms with E-state index in [-0.39, 0.29) is 28.4 Å². The van der Waals surface area contributed by atoms with E-state index in [1.165, 1.54) is 39.5 Å². The smallest absolute Gasteiger partial charge is 0.280 e. The zero-order valence-electron chi connectivity index (χ0n) is 19.3. The van der Waals surface area contributed by atoms with Crippen LogP contribution in [0.3, 0.4) is 0 Å². The zero-order valence-corrected chi connectivity index (χ0v) is 19.3. The summed E-state index contributed by atoms with van der Waals surface area (Å²) >= 11 is 0. The van der Waals surface area contributed by atoms with E-state index < -0.39 is 16.7 Å². The van der Waals surface area contributed by atoms with Gasteiger partial charge in [-0.15, -0.1) is 0 Å². The van der Waals surface area contributed by atoms with E-state index >= 15 is 0 Å². The monoisotopic (exact) mass is 469 g/mol. The molecule has 180 valence electrons. The summed E-state index contributed by atoms with van der Waals surface area (Å²) in [6, 6.07) is 9.01. The second-order valence-electron chi connectivity index (χ2n) is 7.62. The van der Waals surface area contributed by atoms with Gasteiger partial charge in [0.25, 0.3) is 17.5 Å². The first kappa shape index (κ1) is 24.6. The standard InChI is InChI=1S/C24H27N3O7/c1-32-18-9-7-16(8-10-18)23(28)25-19(24(29)26-11-5-4-6-12-26)13-17-14-21(33-2)22(34-3)15-20(17)27(30)31/h7-10,13-15H,4-6,11-12H2,1-3H3,(H,25,28)/b19-13+. The molecule has 2 amide bonds. The van der Waals surface area contributed by atoms with Crippen molar-refractivity contribution in [3.63, 3.8) is 0 Å². The maximum absolute atomic E-state index is 13.3. The van der Waals surface area contributed by atoms with Crippen LogP contribution in [0.4, 0.5) is 5.69 Å². The van der Waals surface area contributed by atoms with Gasteiger partial charge in [0.2, 0.25) is 0 Å². The molecule has 3 rings (SSSR count). The highest BCUT2D eigenvalue weighted by molar-refractivity contribution is 6.05. The normalized spacial score (nSPS) is 13.7. The van der Waals surface area contributed by atoms with Crippen molar-refractivity contribution in [1.29, 1.82) is 0 Å². The van der Waals surface area contributed by atoms with Gasteiger partial charge in [-0.05, 0) is 55.7 Å². The number of hydrogen-bond acceptors (Lipinski definition) is 7. The fourth-order valence-electron chi connectivity index (χ4n) is 3.67. The van der Waals surface area contributed by atoms with Gasteiger partial charge in [-0.3, -0.25) is 19.7 Å². The summed E-state index contributed by atoms with van der Waals surface area (Å²) in [7, 11) is 4.29. The number of likely N-dealkylation sites (tertiary alicyclic amines) is 1. The molecule has 0 aliphatic carbocycles. The lowest BCUT2D eigenvalue weighted by Crippen LogP contribution is -2.41. The predicted octanol–water partition coefficient (Wildman–Crippen LogP) is 3.40. The van der Waals surface area contributed by atoms with Crippen LogP contribution in [0.15, 0.2) is 42.1 Å². The van der Waals surface area contributed by atoms with Crippen LogP contribution >= 0.6 is 0 Å². The van der Waals surface area contributed by atoms with Gasteiger partial charge < -0.3 is 24.4 Å². The van der Waals surface area contributed by atoms with Crippen LogP contribution in [0.5, 0.6) is 17.2 Å². The van der Waals surface area contributed by atoms with Crippen LogP contribution in [0.25, 0.3) is 6.08 Å². The molecule has 1 aliphatic rings. The molecular weight excluding hydrogens is 442 g/mol. The Morgan fingerprint density at radius 3 is 2.15 bits per heavy atom. The van der Waals surface area contributed by atoms with Crippen molar-refractivity contribution in [3.8, 4) is 17.2 Å². The molecule has 0 spiro atoms. The topological polar surface area (TPSA) is 120 Å². The van der Waals surface area contributed by atoms with Crippen molar-refractivity contribution < 1.29 is 28.7 Å². The molecule has 1 aliphatic heterocycles. The van der Waals surface area contributed by atoms with Gasteiger partial charge in [0.15, 0.2) is 11.5 Å². The van der Waals surface area contributed by atoms with Crippen molar-refractivity contribution >= 4 is 23.6 Å². The average molecular weight is 469 g/mol. The molecule has 1 heterocycles. The van der Waals surface area contributed by atoms with E-state index in [4.69, 9.17) is 14.2 Å². The summed E-state index contributed by atoms with van der Waals surface area (Å²) in [6.07, 6.45) is 4.02. The average Bonchev–Trinajstić information content (AvgIpc) is 2.87. The number of nitrogens with one attached hydrogen (secondary N) is 1. The number of nitrogens with zero attached hydrogens (tertiary/aromatic N) is 2. The molecule has 0 aromatic heterocycles. The third kappa shape index (κ3) is 5.64. The molecule has 1 fully saturated rings. The van der Waals surface area contributed by atoms with Gasteiger partial charge >= 0.3 is 0 Å². The van der Waals surface area contributed by atoms with Gasteiger partial charge in [0.05, 0.1) is 37.9 Å². The molecule has 2 aromatic carbocycles. The minimum atomic E-state index is -0.581. The lowest BCUT2D eigenvalue weighted by molar-refractivity contribution is -0.385. The maximum atomic E-state index is 13.3. The van der Waals surface area contributed by atoms with Crippen LogP contribution in [0, 0.1) is 10.1 Å². The largest absolute Gasteiger partial charge is 0.497 e. The van der Waals surface area contributed by atoms with E-state index in [0.717, 1.165) is 19.3 Å². The Morgan fingerprint density at radius 1 is 0.971 bits per heavy atom. The third-order valence-electron chi connectivity index (χ3n) is 5.50. The molecule has 2 aromatic rings. The van der Waals surface area contributed by atoms with E-state index in [1.807, 2.05) is 0 Å². The zero-order chi connectivity index (χ0) is 24.7. The van der Waals surface area contributed by atoms with Gasteiger partial charge in [-0.25, -0.2) is 0 Å². The number of nitro benzene ring substituents is 1. The minimum Gasteiger partial charge on any atom is -0.497 e. The molecule has 34 heavy (non-hydrogen) atoms. The summed E-state index contributed by atoms with van der Waals surface area (Å²) in [5.74, 6) is 0.0776. The van der Waals surface area contributed by atoms with E-state index in [2.05, 4.69) is 5.32 Å². The molecule has 0 atom stereocenters. The summed E-state index contributed by atoms with van der Waals surface area (Å²) in [4.78, 5) is 39.0. The Hall–Kier alpha value is -4.08. The Morgan fingerprint density at radius 2 is 1.59 bits per heavy atom. The lowest BCUT2D eigenvalue weighted by Gasteiger charge is -2.27. The fraction of sp³-hybridized carbons (Fsp3) is 0.333. The van der Waals surface area contributed by atoms with Crippen LogP contribution in [-0.4, -0.2) is 56.1 Å². The molecule has 1 saturated heterocycles. The number of methoxy groups -OCH3 is 3.